The zero-order chi connectivity index (χ0) is 13.4. The van der Waals surface area contributed by atoms with Crippen LogP contribution in [0.5, 0.6) is 17.4 Å². The molecule has 2 heterocycles. The Kier molecular flexibility index (Phi) is 2.90. The first-order valence-corrected chi connectivity index (χ1v) is 6.33. The normalized spacial score (nSPS) is 13.3. The van der Waals surface area contributed by atoms with E-state index in [1.165, 1.54) is 0 Å². The Bertz CT molecular complexity index is 699. The SMILES string of the molecule is O=c1[nH]c(-c2ccc3c(c2)OCCO3)nc(O)c1Br. The lowest BCUT2D eigenvalue weighted by molar-refractivity contribution is 0.171. The van der Waals surface area contributed by atoms with E-state index >= 15 is 0 Å². The Morgan fingerprint density at radius 3 is 2.74 bits per heavy atom. The van der Waals surface area contributed by atoms with Crippen molar-refractivity contribution < 1.29 is 14.6 Å². The first-order chi connectivity index (χ1) is 9.15. The third-order valence-corrected chi connectivity index (χ3v) is 3.38. The monoisotopic (exact) mass is 324 g/mol. The molecule has 0 aliphatic carbocycles. The molecule has 1 aliphatic rings. The summed E-state index contributed by atoms with van der Waals surface area (Å²) in [6.45, 7) is 0.993. The summed E-state index contributed by atoms with van der Waals surface area (Å²) < 4.78 is 10.9. The number of hydrogen-bond acceptors (Lipinski definition) is 5. The molecule has 2 aromatic rings. The molecular weight excluding hydrogens is 316 g/mol. The first-order valence-electron chi connectivity index (χ1n) is 5.54. The number of nitrogens with one attached hydrogen (secondary N) is 1. The van der Waals surface area contributed by atoms with Crippen molar-refractivity contribution in [3.63, 3.8) is 0 Å². The van der Waals surface area contributed by atoms with E-state index in [0.29, 0.717) is 30.3 Å². The van der Waals surface area contributed by atoms with Crippen molar-refractivity contribution in [2.24, 2.45) is 0 Å². The third kappa shape index (κ3) is 2.17. The maximum absolute atomic E-state index is 11.6. The van der Waals surface area contributed by atoms with Gasteiger partial charge in [0.2, 0.25) is 5.88 Å². The van der Waals surface area contributed by atoms with E-state index in [-0.39, 0.29) is 16.2 Å². The average Bonchev–Trinajstić information content (AvgIpc) is 2.43. The van der Waals surface area contributed by atoms with Gasteiger partial charge in [0.25, 0.3) is 5.56 Å². The molecule has 0 fully saturated rings. The quantitative estimate of drug-likeness (QED) is 0.833. The van der Waals surface area contributed by atoms with Gasteiger partial charge < -0.3 is 19.6 Å². The summed E-state index contributed by atoms with van der Waals surface area (Å²) in [5.74, 6) is 1.16. The number of aromatic nitrogens is 2. The molecule has 0 spiro atoms. The number of aromatic amines is 1. The molecule has 0 radical (unpaired) electrons. The van der Waals surface area contributed by atoms with Crippen LogP contribution in [0.3, 0.4) is 0 Å². The van der Waals surface area contributed by atoms with Crippen LogP contribution in [-0.2, 0) is 0 Å². The number of nitrogens with zero attached hydrogens (tertiary/aromatic N) is 1. The smallest absolute Gasteiger partial charge is 0.269 e. The van der Waals surface area contributed by atoms with Gasteiger partial charge in [0.15, 0.2) is 11.5 Å². The van der Waals surface area contributed by atoms with Crippen molar-refractivity contribution in [2.75, 3.05) is 13.2 Å². The van der Waals surface area contributed by atoms with Crippen LogP contribution >= 0.6 is 15.9 Å². The lowest BCUT2D eigenvalue weighted by atomic mass is 10.2. The number of halogens is 1. The van der Waals surface area contributed by atoms with Crippen molar-refractivity contribution in [3.8, 4) is 28.8 Å². The third-order valence-electron chi connectivity index (χ3n) is 2.66. The molecular formula is C12H9BrN2O4. The maximum atomic E-state index is 11.6. The highest BCUT2D eigenvalue weighted by Gasteiger charge is 2.15. The number of benzene rings is 1. The molecule has 7 heteroatoms. The Labute approximate surface area is 116 Å². The van der Waals surface area contributed by atoms with Crippen molar-refractivity contribution >= 4 is 15.9 Å². The Hall–Kier alpha value is -2.02. The van der Waals surface area contributed by atoms with E-state index in [1.807, 2.05) is 0 Å². The van der Waals surface area contributed by atoms with Crippen molar-refractivity contribution in [3.05, 3.63) is 33.0 Å². The van der Waals surface area contributed by atoms with E-state index in [0.717, 1.165) is 0 Å². The van der Waals surface area contributed by atoms with Crippen LogP contribution in [0.25, 0.3) is 11.4 Å². The van der Waals surface area contributed by atoms with Gasteiger partial charge in [-0.2, -0.15) is 4.98 Å². The summed E-state index contributed by atoms with van der Waals surface area (Å²) in [6, 6.07) is 5.18. The molecule has 6 nitrogen and oxygen atoms in total. The van der Waals surface area contributed by atoms with Gasteiger partial charge in [-0.3, -0.25) is 4.79 Å². The Morgan fingerprint density at radius 1 is 1.26 bits per heavy atom. The predicted octanol–water partition coefficient (Wildman–Crippen LogP) is 1.68. The van der Waals surface area contributed by atoms with E-state index in [2.05, 4.69) is 25.9 Å². The van der Waals surface area contributed by atoms with Gasteiger partial charge in [-0.25, -0.2) is 0 Å². The summed E-state index contributed by atoms with van der Waals surface area (Å²) in [7, 11) is 0. The second kappa shape index (κ2) is 4.58. The summed E-state index contributed by atoms with van der Waals surface area (Å²) in [6.07, 6.45) is 0. The van der Waals surface area contributed by atoms with Crippen LogP contribution in [0.4, 0.5) is 0 Å². The van der Waals surface area contributed by atoms with Crippen molar-refractivity contribution in [2.45, 2.75) is 0 Å². The number of fused-ring (bicyclic) bond motifs is 1. The minimum absolute atomic E-state index is 0.00814. The molecule has 1 aliphatic heterocycles. The molecule has 0 atom stereocenters. The molecule has 0 saturated carbocycles. The maximum Gasteiger partial charge on any atom is 0.269 e. The highest BCUT2D eigenvalue weighted by molar-refractivity contribution is 9.10. The van der Waals surface area contributed by atoms with Crippen LogP contribution in [0.1, 0.15) is 0 Å². The lowest BCUT2D eigenvalue weighted by Gasteiger charge is -2.18. The first kappa shape index (κ1) is 12.0. The van der Waals surface area contributed by atoms with E-state index in [4.69, 9.17) is 9.47 Å². The van der Waals surface area contributed by atoms with E-state index in [1.54, 1.807) is 18.2 Å². The van der Waals surface area contributed by atoms with Crippen LogP contribution in [0.15, 0.2) is 27.5 Å². The van der Waals surface area contributed by atoms with E-state index in [9.17, 15) is 9.90 Å². The van der Waals surface area contributed by atoms with Gasteiger partial charge in [-0.1, -0.05) is 0 Å². The Balaban J connectivity index is 2.09. The molecule has 3 rings (SSSR count). The van der Waals surface area contributed by atoms with Gasteiger partial charge >= 0.3 is 0 Å². The zero-order valence-corrected chi connectivity index (χ0v) is 11.2. The zero-order valence-electron chi connectivity index (χ0n) is 9.64. The fraction of sp³-hybridized carbons (Fsp3) is 0.167. The van der Waals surface area contributed by atoms with Gasteiger partial charge in [0, 0.05) is 5.56 Å². The van der Waals surface area contributed by atoms with Crippen molar-refractivity contribution in [1.29, 1.82) is 0 Å². The van der Waals surface area contributed by atoms with Crippen molar-refractivity contribution in [1.82, 2.24) is 9.97 Å². The fourth-order valence-corrected chi connectivity index (χ4v) is 1.96. The van der Waals surface area contributed by atoms with Gasteiger partial charge in [-0.05, 0) is 34.1 Å². The van der Waals surface area contributed by atoms with Gasteiger partial charge in [0.1, 0.15) is 23.5 Å². The van der Waals surface area contributed by atoms with E-state index < -0.39 is 5.56 Å². The minimum Gasteiger partial charge on any atom is -0.492 e. The standard InChI is InChI=1S/C12H9BrN2O4/c13-9-11(16)14-10(15-12(9)17)6-1-2-7-8(5-6)19-4-3-18-7/h1-2,5H,3-4H2,(H2,14,15,16,17). The number of aromatic hydroxyl groups is 1. The number of rotatable bonds is 1. The summed E-state index contributed by atoms with van der Waals surface area (Å²) >= 11 is 2.94. The minimum atomic E-state index is -0.447. The van der Waals surface area contributed by atoms with Crippen LogP contribution in [-0.4, -0.2) is 28.3 Å². The van der Waals surface area contributed by atoms with Gasteiger partial charge in [0.05, 0.1) is 0 Å². The Morgan fingerprint density at radius 2 is 2.00 bits per heavy atom. The van der Waals surface area contributed by atoms with Crippen LogP contribution in [0, 0.1) is 0 Å². The molecule has 0 saturated heterocycles. The second-order valence-electron chi connectivity index (χ2n) is 3.91. The topological polar surface area (TPSA) is 84.4 Å². The van der Waals surface area contributed by atoms with Crippen LogP contribution in [0.2, 0.25) is 0 Å². The molecule has 19 heavy (non-hydrogen) atoms. The average molecular weight is 325 g/mol. The molecule has 1 aromatic carbocycles. The number of hydrogen-bond donors (Lipinski definition) is 2. The molecule has 0 unspecified atom stereocenters. The van der Waals surface area contributed by atoms with Gasteiger partial charge in [-0.15, -0.1) is 0 Å². The fourth-order valence-electron chi connectivity index (χ4n) is 1.77. The highest BCUT2D eigenvalue weighted by atomic mass is 79.9. The van der Waals surface area contributed by atoms with Crippen LogP contribution < -0.4 is 15.0 Å². The summed E-state index contributed by atoms with van der Waals surface area (Å²) in [4.78, 5) is 18.0. The lowest BCUT2D eigenvalue weighted by Crippen LogP contribution is -2.15. The predicted molar refractivity (Wildman–Crippen MR) is 70.6 cm³/mol. The second-order valence-corrected chi connectivity index (χ2v) is 4.70. The summed E-state index contributed by atoms with van der Waals surface area (Å²) in [5.41, 5.74) is 0.182. The molecule has 0 bridgehead atoms. The summed E-state index contributed by atoms with van der Waals surface area (Å²) in [5, 5.41) is 9.55. The molecule has 0 amide bonds. The molecule has 2 N–H and O–H groups in total. The molecule has 98 valence electrons. The number of ether oxygens (including phenoxy) is 2. The largest absolute Gasteiger partial charge is 0.492 e. The highest BCUT2D eigenvalue weighted by Crippen LogP contribution is 2.33. The molecule has 1 aromatic heterocycles. The number of H-pyrrole nitrogens is 1.